The summed E-state index contributed by atoms with van der Waals surface area (Å²) in [5, 5.41) is 3.61. The Bertz CT molecular complexity index is 1230. The van der Waals surface area contributed by atoms with E-state index in [0.717, 1.165) is 0 Å². The second-order valence-electron chi connectivity index (χ2n) is 6.58. The van der Waals surface area contributed by atoms with E-state index < -0.39 is 6.10 Å². The SMILES string of the molecule is COc1ccc(-c2nc3ncccc3o2)cc1NC(=O)[C@@H](C)Oc1ccc(Cl)cc1Cl. The van der Waals surface area contributed by atoms with E-state index in [-0.39, 0.29) is 5.91 Å². The number of carbonyl (C=O) groups excluding carboxylic acids is 1. The summed E-state index contributed by atoms with van der Waals surface area (Å²) in [7, 11) is 1.52. The molecule has 0 aliphatic rings. The number of nitrogens with zero attached hydrogens (tertiary/aromatic N) is 2. The minimum Gasteiger partial charge on any atom is -0.495 e. The molecule has 4 rings (SSSR count). The first-order valence-corrected chi connectivity index (χ1v) is 10.0. The first-order valence-electron chi connectivity index (χ1n) is 9.27. The highest BCUT2D eigenvalue weighted by molar-refractivity contribution is 6.35. The zero-order chi connectivity index (χ0) is 22.0. The van der Waals surface area contributed by atoms with Crippen LogP contribution in [0.2, 0.25) is 10.0 Å². The van der Waals surface area contributed by atoms with Gasteiger partial charge in [0.2, 0.25) is 5.89 Å². The molecule has 0 aliphatic carbocycles. The van der Waals surface area contributed by atoms with Crippen molar-refractivity contribution in [2.24, 2.45) is 0 Å². The van der Waals surface area contributed by atoms with Crippen LogP contribution in [0.1, 0.15) is 6.92 Å². The molecule has 2 heterocycles. The first kappa shape index (κ1) is 21.0. The molecule has 158 valence electrons. The number of aromatic nitrogens is 2. The molecule has 2 aromatic heterocycles. The number of nitrogens with one attached hydrogen (secondary N) is 1. The van der Waals surface area contributed by atoms with Gasteiger partial charge < -0.3 is 19.2 Å². The molecule has 2 aromatic carbocycles. The van der Waals surface area contributed by atoms with Crippen molar-refractivity contribution in [1.29, 1.82) is 0 Å². The molecular formula is C22H17Cl2N3O4. The molecule has 0 unspecified atom stereocenters. The summed E-state index contributed by atoms with van der Waals surface area (Å²) in [6, 6.07) is 13.6. The average molecular weight is 458 g/mol. The Morgan fingerprint density at radius 3 is 2.68 bits per heavy atom. The van der Waals surface area contributed by atoms with Crippen molar-refractivity contribution in [2.75, 3.05) is 12.4 Å². The summed E-state index contributed by atoms with van der Waals surface area (Å²) in [6.07, 6.45) is 0.809. The minimum absolute atomic E-state index is 0.316. The van der Waals surface area contributed by atoms with Crippen molar-refractivity contribution in [3.05, 3.63) is 64.8 Å². The number of ether oxygens (including phenoxy) is 2. The Labute approximate surface area is 187 Å². The largest absolute Gasteiger partial charge is 0.495 e. The average Bonchev–Trinajstić information content (AvgIpc) is 3.20. The number of hydrogen-bond acceptors (Lipinski definition) is 6. The third kappa shape index (κ3) is 4.57. The van der Waals surface area contributed by atoms with E-state index >= 15 is 0 Å². The predicted octanol–water partition coefficient (Wildman–Crippen LogP) is 5.61. The lowest BCUT2D eigenvalue weighted by Gasteiger charge is -2.17. The standard InChI is InChI=1S/C22H17Cl2N3O4/c1-12(30-17-8-6-14(23)11-15(17)24)21(28)26-16-10-13(5-7-18(16)29-2)22-27-20-19(31-22)4-3-9-25-20/h3-12H,1-2H3,(H,26,28)/t12-/m1/s1. The van der Waals surface area contributed by atoms with Gasteiger partial charge in [-0.1, -0.05) is 23.2 Å². The van der Waals surface area contributed by atoms with Crippen molar-refractivity contribution < 1.29 is 18.7 Å². The third-order valence-corrected chi connectivity index (χ3v) is 4.97. The molecule has 0 saturated heterocycles. The zero-order valence-corrected chi connectivity index (χ0v) is 18.1. The maximum absolute atomic E-state index is 12.7. The number of anilines is 1. The number of oxazole rings is 1. The summed E-state index contributed by atoms with van der Waals surface area (Å²) < 4.78 is 16.8. The third-order valence-electron chi connectivity index (χ3n) is 4.44. The molecule has 4 aromatic rings. The van der Waals surface area contributed by atoms with Crippen molar-refractivity contribution in [1.82, 2.24) is 9.97 Å². The zero-order valence-electron chi connectivity index (χ0n) is 16.6. The highest BCUT2D eigenvalue weighted by Crippen LogP contribution is 2.32. The van der Waals surface area contributed by atoms with E-state index in [1.165, 1.54) is 7.11 Å². The summed E-state index contributed by atoms with van der Waals surface area (Å²) in [6.45, 7) is 1.61. The van der Waals surface area contributed by atoms with Gasteiger partial charge in [0.1, 0.15) is 11.5 Å². The van der Waals surface area contributed by atoms with Crippen LogP contribution in [0.25, 0.3) is 22.7 Å². The van der Waals surface area contributed by atoms with Crippen LogP contribution in [0.4, 0.5) is 5.69 Å². The number of carbonyl (C=O) groups is 1. The molecule has 0 aliphatic heterocycles. The molecule has 0 saturated carbocycles. The second kappa shape index (κ2) is 8.83. The number of benzene rings is 2. The van der Waals surface area contributed by atoms with E-state index in [4.69, 9.17) is 37.1 Å². The van der Waals surface area contributed by atoms with Crippen LogP contribution in [-0.2, 0) is 4.79 Å². The van der Waals surface area contributed by atoms with Crippen LogP contribution >= 0.6 is 23.2 Å². The second-order valence-corrected chi connectivity index (χ2v) is 7.43. The van der Waals surface area contributed by atoms with Crippen LogP contribution in [0.15, 0.2) is 59.1 Å². The van der Waals surface area contributed by atoms with E-state index in [1.807, 2.05) is 0 Å². The quantitative estimate of drug-likeness (QED) is 0.404. The normalized spacial score (nSPS) is 11.9. The number of methoxy groups -OCH3 is 1. The van der Waals surface area contributed by atoms with Crippen LogP contribution < -0.4 is 14.8 Å². The summed E-state index contributed by atoms with van der Waals surface area (Å²) in [5.41, 5.74) is 2.17. The van der Waals surface area contributed by atoms with Gasteiger partial charge in [0, 0.05) is 16.8 Å². The Kier molecular flexibility index (Phi) is 5.97. The lowest BCUT2D eigenvalue weighted by atomic mass is 10.1. The molecule has 31 heavy (non-hydrogen) atoms. The lowest BCUT2D eigenvalue weighted by Crippen LogP contribution is -2.30. The van der Waals surface area contributed by atoms with Crippen LogP contribution in [-0.4, -0.2) is 29.1 Å². The highest BCUT2D eigenvalue weighted by atomic mass is 35.5. The van der Waals surface area contributed by atoms with Gasteiger partial charge in [-0.3, -0.25) is 4.79 Å². The fraction of sp³-hybridized carbons (Fsp3) is 0.136. The van der Waals surface area contributed by atoms with Gasteiger partial charge in [-0.2, -0.15) is 4.98 Å². The van der Waals surface area contributed by atoms with Crippen molar-refractivity contribution in [3.8, 4) is 23.0 Å². The van der Waals surface area contributed by atoms with Crippen molar-refractivity contribution >= 4 is 46.0 Å². The Balaban J connectivity index is 1.56. The molecule has 0 radical (unpaired) electrons. The fourth-order valence-corrected chi connectivity index (χ4v) is 3.33. The molecule has 0 bridgehead atoms. The molecule has 0 spiro atoms. The Morgan fingerprint density at radius 2 is 1.94 bits per heavy atom. The molecular weight excluding hydrogens is 441 g/mol. The van der Waals surface area contributed by atoms with Gasteiger partial charge in [-0.05, 0) is 55.5 Å². The smallest absolute Gasteiger partial charge is 0.265 e. The Hall–Kier alpha value is -3.29. The molecule has 9 heteroatoms. The topological polar surface area (TPSA) is 86.5 Å². The molecule has 0 fully saturated rings. The van der Waals surface area contributed by atoms with Gasteiger partial charge in [0.15, 0.2) is 17.3 Å². The van der Waals surface area contributed by atoms with E-state index in [9.17, 15) is 4.79 Å². The minimum atomic E-state index is -0.833. The Morgan fingerprint density at radius 1 is 1.13 bits per heavy atom. The number of halogens is 2. The highest BCUT2D eigenvalue weighted by Gasteiger charge is 2.19. The van der Waals surface area contributed by atoms with Gasteiger partial charge in [0.05, 0.1) is 17.8 Å². The summed E-state index contributed by atoms with van der Waals surface area (Å²) in [5.74, 6) is 0.821. The molecule has 7 nitrogen and oxygen atoms in total. The van der Waals surface area contributed by atoms with E-state index in [0.29, 0.717) is 49.9 Å². The number of amides is 1. The van der Waals surface area contributed by atoms with Gasteiger partial charge >= 0.3 is 0 Å². The fourth-order valence-electron chi connectivity index (χ4n) is 2.88. The number of rotatable bonds is 6. The molecule has 1 N–H and O–H groups in total. The van der Waals surface area contributed by atoms with Gasteiger partial charge in [-0.15, -0.1) is 0 Å². The first-order chi connectivity index (χ1) is 14.9. The van der Waals surface area contributed by atoms with Crippen molar-refractivity contribution in [3.63, 3.8) is 0 Å². The molecule has 1 amide bonds. The van der Waals surface area contributed by atoms with Crippen molar-refractivity contribution in [2.45, 2.75) is 13.0 Å². The van der Waals surface area contributed by atoms with Gasteiger partial charge in [0.25, 0.3) is 5.91 Å². The van der Waals surface area contributed by atoms with E-state index in [2.05, 4.69) is 15.3 Å². The lowest BCUT2D eigenvalue weighted by molar-refractivity contribution is -0.122. The van der Waals surface area contributed by atoms with E-state index in [1.54, 1.807) is 61.7 Å². The van der Waals surface area contributed by atoms with Crippen LogP contribution in [0.3, 0.4) is 0 Å². The monoisotopic (exact) mass is 457 g/mol. The summed E-state index contributed by atoms with van der Waals surface area (Å²) in [4.78, 5) is 21.3. The van der Waals surface area contributed by atoms with Gasteiger partial charge in [-0.25, -0.2) is 4.98 Å². The van der Waals surface area contributed by atoms with Crippen LogP contribution in [0.5, 0.6) is 11.5 Å². The number of hydrogen-bond donors (Lipinski definition) is 1. The summed E-state index contributed by atoms with van der Waals surface area (Å²) >= 11 is 12.0. The number of fused-ring (bicyclic) bond motifs is 1. The number of pyridine rings is 1. The maximum atomic E-state index is 12.7. The van der Waals surface area contributed by atoms with Crippen LogP contribution in [0, 0.1) is 0 Å². The maximum Gasteiger partial charge on any atom is 0.265 e. The molecule has 1 atom stereocenters. The predicted molar refractivity (Wildman–Crippen MR) is 119 cm³/mol.